The Labute approximate surface area is 201 Å². The van der Waals surface area contributed by atoms with E-state index in [0.29, 0.717) is 39.6 Å². The van der Waals surface area contributed by atoms with Gasteiger partial charge in [0.25, 0.3) is 5.56 Å². The van der Waals surface area contributed by atoms with E-state index in [-0.39, 0.29) is 11.1 Å². The summed E-state index contributed by atoms with van der Waals surface area (Å²) in [5.41, 5.74) is 2.79. The number of aryl methyl sites for hydroxylation is 1. The maximum Gasteiger partial charge on any atom is 0.337 e. The van der Waals surface area contributed by atoms with Crippen LogP contribution in [0.1, 0.15) is 36.6 Å². The monoisotopic (exact) mass is 478 g/mol. The summed E-state index contributed by atoms with van der Waals surface area (Å²) in [5, 5.41) is 0. The molecule has 1 aliphatic heterocycles. The van der Waals surface area contributed by atoms with Crippen LogP contribution in [-0.2, 0) is 9.53 Å². The van der Waals surface area contributed by atoms with Crippen LogP contribution in [0.3, 0.4) is 0 Å². The van der Waals surface area contributed by atoms with Crippen molar-refractivity contribution in [2.24, 2.45) is 4.99 Å². The summed E-state index contributed by atoms with van der Waals surface area (Å²) in [6.07, 6.45) is 3.32. The molecule has 0 saturated carbocycles. The highest BCUT2D eigenvalue weighted by Gasteiger charge is 2.31. The van der Waals surface area contributed by atoms with E-state index in [9.17, 15) is 9.59 Å². The molecule has 0 aliphatic carbocycles. The normalized spacial score (nSPS) is 15.2. The van der Waals surface area contributed by atoms with Crippen LogP contribution in [0.5, 0.6) is 11.5 Å². The molecule has 0 spiro atoms. The number of rotatable bonds is 7. The fourth-order valence-electron chi connectivity index (χ4n) is 3.80. The first-order valence-corrected chi connectivity index (χ1v) is 11.8. The fourth-order valence-corrected chi connectivity index (χ4v) is 4.77. The molecule has 7 nitrogen and oxygen atoms in total. The van der Waals surface area contributed by atoms with Gasteiger partial charge >= 0.3 is 5.97 Å². The third-order valence-electron chi connectivity index (χ3n) is 5.38. The summed E-state index contributed by atoms with van der Waals surface area (Å²) in [6.45, 7) is 6.73. The molecule has 0 bridgehead atoms. The third kappa shape index (κ3) is 4.54. The first-order valence-electron chi connectivity index (χ1n) is 11.0. The number of methoxy groups -OCH3 is 1. The van der Waals surface area contributed by atoms with Crippen LogP contribution in [0.25, 0.3) is 6.08 Å². The number of esters is 1. The minimum atomic E-state index is -0.709. The molecule has 0 radical (unpaired) electrons. The van der Waals surface area contributed by atoms with Crippen LogP contribution in [0.15, 0.2) is 64.0 Å². The van der Waals surface area contributed by atoms with Gasteiger partial charge in [0.15, 0.2) is 16.3 Å². The van der Waals surface area contributed by atoms with Gasteiger partial charge in [0, 0.05) is 6.20 Å². The van der Waals surface area contributed by atoms with E-state index in [0.717, 1.165) is 11.1 Å². The highest BCUT2D eigenvalue weighted by Crippen LogP contribution is 2.35. The number of fused-ring (bicyclic) bond motifs is 1. The van der Waals surface area contributed by atoms with Gasteiger partial charge in [-0.3, -0.25) is 9.36 Å². The predicted octanol–water partition coefficient (Wildman–Crippen LogP) is 3.12. The van der Waals surface area contributed by atoms with E-state index < -0.39 is 12.0 Å². The minimum absolute atomic E-state index is 0.226. The number of nitrogens with zero attached hydrogens (tertiary/aromatic N) is 2. The molecule has 2 heterocycles. The number of thiazole rings is 1. The smallest absolute Gasteiger partial charge is 0.337 e. The van der Waals surface area contributed by atoms with Gasteiger partial charge in [-0.25, -0.2) is 9.79 Å². The van der Waals surface area contributed by atoms with Gasteiger partial charge in [-0.1, -0.05) is 47.2 Å². The molecular formula is C26H26N2O5S. The van der Waals surface area contributed by atoms with Gasteiger partial charge in [-0.15, -0.1) is 0 Å². The topological polar surface area (TPSA) is 79.1 Å². The molecule has 2 aromatic carbocycles. The van der Waals surface area contributed by atoms with Crippen molar-refractivity contribution in [3.8, 4) is 11.5 Å². The lowest BCUT2D eigenvalue weighted by molar-refractivity contribution is -0.136. The molecule has 0 unspecified atom stereocenters. The molecule has 1 aromatic heterocycles. The molecule has 176 valence electrons. The van der Waals surface area contributed by atoms with Crippen molar-refractivity contribution >= 4 is 23.4 Å². The Morgan fingerprint density at radius 2 is 1.79 bits per heavy atom. The Morgan fingerprint density at radius 1 is 1.09 bits per heavy atom. The van der Waals surface area contributed by atoms with Crippen molar-refractivity contribution in [2.45, 2.75) is 26.8 Å². The van der Waals surface area contributed by atoms with Gasteiger partial charge in [-0.05, 0) is 50.1 Å². The van der Waals surface area contributed by atoms with Crippen molar-refractivity contribution in [1.29, 1.82) is 0 Å². The zero-order chi connectivity index (χ0) is 24.2. The molecule has 3 aromatic rings. The van der Waals surface area contributed by atoms with E-state index in [4.69, 9.17) is 14.2 Å². The maximum absolute atomic E-state index is 13.6. The Bertz CT molecular complexity index is 1420. The van der Waals surface area contributed by atoms with Gasteiger partial charge in [0.2, 0.25) is 0 Å². The standard InChI is InChI=1S/C26H26N2O5S/c1-5-32-20-12-11-18(14-21(20)33-6-2)23-19(25(30)31-4)15-27-26-28(23)24(29)22(34-26)13-17-9-7-16(3)8-10-17/h7-15,23H,5-6H2,1-4H3/b22-13-/t23-/m0/s1. The van der Waals surface area contributed by atoms with E-state index in [1.54, 1.807) is 16.7 Å². The van der Waals surface area contributed by atoms with Crippen molar-refractivity contribution in [2.75, 3.05) is 20.3 Å². The van der Waals surface area contributed by atoms with Gasteiger partial charge < -0.3 is 14.2 Å². The van der Waals surface area contributed by atoms with Crippen molar-refractivity contribution < 1.29 is 19.0 Å². The summed E-state index contributed by atoms with van der Waals surface area (Å²) in [6, 6.07) is 12.6. The highest BCUT2D eigenvalue weighted by molar-refractivity contribution is 7.07. The van der Waals surface area contributed by atoms with Crippen LogP contribution in [0.2, 0.25) is 0 Å². The van der Waals surface area contributed by atoms with E-state index >= 15 is 0 Å². The Morgan fingerprint density at radius 3 is 2.47 bits per heavy atom. The summed E-state index contributed by atoms with van der Waals surface area (Å²) < 4.78 is 18.5. The zero-order valence-electron chi connectivity index (χ0n) is 19.5. The number of aromatic nitrogens is 1. The summed E-state index contributed by atoms with van der Waals surface area (Å²) >= 11 is 1.28. The lowest BCUT2D eigenvalue weighted by atomic mass is 9.97. The largest absolute Gasteiger partial charge is 0.490 e. The number of hydrogen-bond donors (Lipinski definition) is 0. The second-order valence-corrected chi connectivity index (χ2v) is 8.67. The van der Waals surface area contributed by atoms with Crippen LogP contribution >= 0.6 is 11.3 Å². The minimum Gasteiger partial charge on any atom is -0.490 e. The number of ether oxygens (including phenoxy) is 3. The quantitative estimate of drug-likeness (QED) is 0.488. The van der Waals surface area contributed by atoms with E-state index in [1.807, 2.05) is 57.2 Å². The molecule has 4 rings (SSSR count). The van der Waals surface area contributed by atoms with Crippen LogP contribution in [-0.4, -0.2) is 30.9 Å². The second kappa shape index (κ2) is 10.1. The Hall–Kier alpha value is -3.65. The molecule has 0 N–H and O–H groups in total. The number of benzene rings is 2. The molecule has 0 saturated heterocycles. The number of carbonyl (C=O) groups is 1. The average Bonchev–Trinajstić information content (AvgIpc) is 3.16. The lowest BCUT2D eigenvalue weighted by Crippen LogP contribution is -2.39. The van der Waals surface area contributed by atoms with Gasteiger partial charge in [0.1, 0.15) is 0 Å². The molecule has 0 amide bonds. The van der Waals surface area contributed by atoms with Gasteiger partial charge in [-0.2, -0.15) is 0 Å². The average molecular weight is 479 g/mol. The lowest BCUT2D eigenvalue weighted by Gasteiger charge is -2.23. The summed E-state index contributed by atoms with van der Waals surface area (Å²) in [7, 11) is 1.31. The van der Waals surface area contributed by atoms with Crippen LogP contribution in [0, 0.1) is 6.92 Å². The van der Waals surface area contributed by atoms with Gasteiger partial charge in [0.05, 0.1) is 36.5 Å². The molecule has 1 atom stereocenters. The fraction of sp³-hybridized carbons (Fsp3) is 0.269. The first-order chi connectivity index (χ1) is 16.5. The molecule has 8 heteroatoms. The first kappa shape index (κ1) is 23.5. The predicted molar refractivity (Wildman–Crippen MR) is 131 cm³/mol. The van der Waals surface area contributed by atoms with Crippen molar-refractivity contribution in [3.05, 3.63) is 90.6 Å². The Balaban J connectivity index is 1.90. The maximum atomic E-state index is 13.6. The van der Waals surface area contributed by atoms with E-state index in [1.165, 1.54) is 24.6 Å². The third-order valence-corrected chi connectivity index (χ3v) is 6.38. The number of carbonyl (C=O) groups excluding carboxylic acids is 1. The van der Waals surface area contributed by atoms with Crippen molar-refractivity contribution in [3.63, 3.8) is 0 Å². The molecule has 0 fully saturated rings. The van der Waals surface area contributed by atoms with Crippen molar-refractivity contribution in [1.82, 2.24) is 4.57 Å². The molecule has 34 heavy (non-hydrogen) atoms. The van der Waals surface area contributed by atoms with E-state index in [2.05, 4.69) is 4.99 Å². The molecule has 1 aliphatic rings. The summed E-state index contributed by atoms with van der Waals surface area (Å²) in [5.74, 6) is 0.599. The van der Waals surface area contributed by atoms with Crippen LogP contribution in [0.4, 0.5) is 0 Å². The highest BCUT2D eigenvalue weighted by atomic mass is 32.1. The zero-order valence-corrected chi connectivity index (χ0v) is 20.3. The Kier molecular flexibility index (Phi) is 6.98. The second-order valence-electron chi connectivity index (χ2n) is 7.66. The number of hydrogen-bond acceptors (Lipinski definition) is 7. The SMILES string of the molecule is CCOc1ccc([C@H]2C(C(=O)OC)=CN=c3s/c(=C\c4ccc(C)cc4)c(=O)n32)cc1OCC. The molecular weight excluding hydrogens is 452 g/mol. The van der Waals surface area contributed by atoms with Crippen LogP contribution < -0.4 is 24.4 Å². The summed E-state index contributed by atoms with van der Waals surface area (Å²) in [4.78, 5) is 31.1.